The number of amides is 2. The number of aliphatic hydroxyl groups is 1. The number of hydrogen-bond acceptors (Lipinski definition) is 5. The van der Waals surface area contributed by atoms with E-state index in [4.69, 9.17) is 12.2 Å². The van der Waals surface area contributed by atoms with Gasteiger partial charge in [0, 0.05) is 0 Å². The number of aliphatic hydroxyl groups excluding tert-OH is 1. The molecule has 1 heterocycles. The summed E-state index contributed by atoms with van der Waals surface area (Å²) in [6.45, 7) is -0.352. The molecule has 7 heteroatoms. The van der Waals surface area contributed by atoms with Gasteiger partial charge >= 0.3 is 0 Å². The summed E-state index contributed by atoms with van der Waals surface area (Å²) in [5, 5.41) is 12.3. The lowest BCUT2D eigenvalue weighted by atomic mass is 10.1. The van der Waals surface area contributed by atoms with Gasteiger partial charge in [-0.15, -0.1) is 0 Å². The van der Waals surface area contributed by atoms with E-state index >= 15 is 0 Å². The summed E-state index contributed by atoms with van der Waals surface area (Å²) in [6.07, 6.45) is 2.28. The Labute approximate surface area is 173 Å². The van der Waals surface area contributed by atoms with Crippen LogP contribution >= 0.6 is 24.0 Å². The lowest BCUT2D eigenvalue weighted by Gasteiger charge is -2.19. The molecule has 144 valence electrons. The average Bonchev–Trinajstić information content (AvgIpc) is 2.96. The van der Waals surface area contributed by atoms with Crippen LogP contribution < -0.4 is 5.32 Å². The maximum Gasteiger partial charge on any atom is 0.266 e. The van der Waals surface area contributed by atoms with Gasteiger partial charge in [0.05, 0.1) is 17.6 Å². The number of nitrogens with zero attached hydrogens (tertiary/aromatic N) is 1. The van der Waals surface area contributed by atoms with Crippen molar-refractivity contribution in [2.45, 2.75) is 12.5 Å². The van der Waals surface area contributed by atoms with Gasteiger partial charge in [-0.05, 0) is 23.6 Å². The van der Waals surface area contributed by atoms with E-state index in [1.807, 2.05) is 60.7 Å². The summed E-state index contributed by atoms with van der Waals surface area (Å²) in [6, 6.07) is 18.7. The molecule has 2 aromatic carbocycles. The molecule has 1 aliphatic rings. The second-order valence-electron chi connectivity index (χ2n) is 6.32. The fourth-order valence-electron chi connectivity index (χ4n) is 2.81. The first-order valence-electron chi connectivity index (χ1n) is 8.81. The molecule has 1 fully saturated rings. The second kappa shape index (κ2) is 9.64. The summed E-state index contributed by atoms with van der Waals surface area (Å²) in [5.74, 6) is -0.634. The third-order valence-corrected chi connectivity index (χ3v) is 5.56. The Bertz CT molecular complexity index is 885. The van der Waals surface area contributed by atoms with Crippen molar-refractivity contribution in [3.63, 3.8) is 0 Å². The van der Waals surface area contributed by atoms with E-state index in [0.29, 0.717) is 15.6 Å². The molecule has 0 spiro atoms. The topological polar surface area (TPSA) is 69.6 Å². The lowest BCUT2D eigenvalue weighted by molar-refractivity contribution is -0.129. The largest absolute Gasteiger partial charge is 0.394 e. The standard InChI is InChI=1S/C21H20N2O3S2/c24-14-17(11-15-7-3-1-4-8-15)22-19(25)13-23-20(26)18(28-21(23)27)12-16-9-5-2-6-10-16/h1-10,12,17,24H,11,13-14H2,(H,22,25)/b18-12+/t17-/m1/s1. The van der Waals surface area contributed by atoms with Crippen molar-refractivity contribution >= 4 is 46.2 Å². The van der Waals surface area contributed by atoms with Crippen LogP contribution in [-0.4, -0.2) is 45.3 Å². The number of thioether (sulfide) groups is 1. The number of thiocarbonyl (C=S) groups is 1. The molecule has 0 bridgehead atoms. The van der Waals surface area contributed by atoms with E-state index in [1.54, 1.807) is 6.08 Å². The number of benzene rings is 2. The summed E-state index contributed by atoms with van der Waals surface area (Å²) < 4.78 is 0.353. The van der Waals surface area contributed by atoms with Crippen LogP contribution in [0.4, 0.5) is 0 Å². The first kappa shape index (κ1) is 20.3. The van der Waals surface area contributed by atoms with Crippen LogP contribution in [0.1, 0.15) is 11.1 Å². The monoisotopic (exact) mass is 412 g/mol. The molecule has 1 atom stereocenters. The first-order chi connectivity index (χ1) is 13.6. The van der Waals surface area contributed by atoms with Crippen molar-refractivity contribution in [1.29, 1.82) is 0 Å². The van der Waals surface area contributed by atoms with Crippen LogP contribution in [0, 0.1) is 0 Å². The Kier molecular flexibility index (Phi) is 6.97. The van der Waals surface area contributed by atoms with Crippen LogP contribution in [0.5, 0.6) is 0 Å². The van der Waals surface area contributed by atoms with Crippen molar-refractivity contribution in [3.8, 4) is 0 Å². The predicted molar refractivity (Wildman–Crippen MR) is 115 cm³/mol. The average molecular weight is 413 g/mol. The molecule has 0 radical (unpaired) electrons. The highest BCUT2D eigenvalue weighted by Gasteiger charge is 2.33. The highest BCUT2D eigenvalue weighted by Crippen LogP contribution is 2.32. The minimum atomic E-state index is -0.423. The van der Waals surface area contributed by atoms with E-state index in [2.05, 4.69) is 5.32 Å². The number of nitrogens with one attached hydrogen (secondary N) is 1. The predicted octanol–water partition coefficient (Wildman–Crippen LogP) is 2.61. The van der Waals surface area contributed by atoms with Crippen LogP contribution in [-0.2, 0) is 16.0 Å². The lowest BCUT2D eigenvalue weighted by Crippen LogP contribution is -2.45. The molecule has 0 unspecified atom stereocenters. The second-order valence-corrected chi connectivity index (χ2v) is 7.99. The van der Waals surface area contributed by atoms with E-state index in [9.17, 15) is 14.7 Å². The summed E-state index contributed by atoms with van der Waals surface area (Å²) in [5.41, 5.74) is 1.91. The highest BCUT2D eigenvalue weighted by atomic mass is 32.2. The van der Waals surface area contributed by atoms with Gasteiger partial charge in [-0.1, -0.05) is 84.6 Å². The molecule has 1 aliphatic heterocycles. The van der Waals surface area contributed by atoms with E-state index in [1.165, 1.54) is 16.7 Å². The zero-order valence-electron chi connectivity index (χ0n) is 15.1. The molecule has 0 saturated carbocycles. The third kappa shape index (κ3) is 5.28. The van der Waals surface area contributed by atoms with E-state index < -0.39 is 6.04 Å². The Balaban J connectivity index is 1.61. The fraction of sp³-hybridized carbons (Fsp3) is 0.190. The Morgan fingerprint density at radius 2 is 1.79 bits per heavy atom. The normalized spacial score (nSPS) is 16.5. The number of hydrogen-bond donors (Lipinski definition) is 2. The van der Waals surface area contributed by atoms with Gasteiger partial charge in [-0.2, -0.15) is 0 Å². The van der Waals surface area contributed by atoms with Gasteiger partial charge in [0.25, 0.3) is 5.91 Å². The Morgan fingerprint density at radius 3 is 2.43 bits per heavy atom. The SMILES string of the molecule is O=C(CN1C(=O)/C(=C\c2ccccc2)SC1=S)N[C@@H](CO)Cc1ccccc1. The van der Waals surface area contributed by atoms with Crippen molar-refractivity contribution in [1.82, 2.24) is 10.2 Å². The van der Waals surface area contributed by atoms with Crippen molar-refractivity contribution in [3.05, 3.63) is 76.7 Å². The van der Waals surface area contributed by atoms with Gasteiger partial charge in [0.1, 0.15) is 10.9 Å². The number of rotatable bonds is 7. The minimum Gasteiger partial charge on any atom is -0.394 e. The zero-order chi connectivity index (χ0) is 19.9. The van der Waals surface area contributed by atoms with E-state index in [0.717, 1.165) is 11.1 Å². The Hall–Kier alpha value is -2.48. The van der Waals surface area contributed by atoms with Gasteiger partial charge in [-0.3, -0.25) is 14.5 Å². The maximum atomic E-state index is 12.6. The number of carbonyl (C=O) groups excluding carboxylic acids is 2. The summed E-state index contributed by atoms with van der Waals surface area (Å²) in [7, 11) is 0. The first-order valence-corrected chi connectivity index (χ1v) is 10.0. The van der Waals surface area contributed by atoms with Gasteiger partial charge in [0.15, 0.2) is 0 Å². The summed E-state index contributed by atoms with van der Waals surface area (Å²) in [4.78, 5) is 26.8. The van der Waals surface area contributed by atoms with Gasteiger partial charge < -0.3 is 10.4 Å². The minimum absolute atomic E-state index is 0.165. The van der Waals surface area contributed by atoms with E-state index in [-0.39, 0.29) is 25.0 Å². The smallest absolute Gasteiger partial charge is 0.266 e. The molecule has 2 aromatic rings. The molecule has 1 saturated heterocycles. The van der Waals surface area contributed by atoms with Gasteiger partial charge in [-0.25, -0.2) is 0 Å². The highest BCUT2D eigenvalue weighted by molar-refractivity contribution is 8.26. The van der Waals surface area contributed by atoms with Crippen LogP contribution in [0.25, 0.3) is 6.08 Å². The van der Waals surface area contributed by atoms with Crippen molar-refractivity contribution < 1.29 is 14.7 Å². The summed E-state index contributed by atoms with van der Waals surface area (Å²) >= 11 is 6.46. The zero-order valence-corrected chi connectivity index (χ0v) is 16.7. The number of carbonyl (C=O) groups is 2. The van der Waals surface area contributed by atoms with Crippen LogP contribution in [0.15, 0.2) is 65.6 Å². The van der Waals surface area contributed by atoms with Crippen molar-refractivity contribution in [2.24, 2.45) is 0 Å². The molecule has 3 rings (SSSR count). The molecule has 0 aromatic heterocycles. The molecular formula is C21H20N2O3S2. The van der Waals surface area contributed by atoms with Crippen LogP contribution in [0.3, 0.4) is 0 Å². The quantitative estimate of drug-likeness (QED) is 0.540. The molecule has 5 nitrogen and oxygen atoms in total. The van der Waals surface area contributed by atoms with Gasteiger partial charge in [0.2, 0.25) is 5.91 Å². The van der Waals surface area contributed by atoms with Crippen LogP contribution in [0.2, 0.25) is 0 Å². The van der Waals surface area contributed by atoms with Crippen molar-refractivity contribution in [2.75, 3.05) is 13.2 Å². The third-order valence-electron chi connectivity index (χ3n) is 4.18. The molecule has 2 N–H and O–H groups in total. The molecule has 0 aliphatic carbocycles. The molecule has 2 amide bonds. The fourth-order valence-corrected chi connectivity index (χ4v) is 4.07. The Morgan fingerprint density at radius 1 is 1.14 bits per heavy atom. The molecular weight excluding hydrogens is 392 g/mol. The molecule has 28 heavy (non-hydrogen) atoms. The maximum absolute atomic E-state index is 12.6.